The molecule has 2 N–H and O–H groups in total. The summed E-state index contributed by atoms with van der Waals surface area (Å²) in [5.41, 5.74) is 7.64. The Morgan fingerprint density at radius 1 is 1.14 bits per heavy atom. The van der Waals surface area contributed by atoms with Crippen molar-refractivity contribution in [2.45, 2.75) is 38.6 Å². The van der Waals surface area contributed by atoms with Gasteiger partial charge in [0.05, 0.1) is 0 Å². The molecule has 3 rings (SSSR count). The van der Waals surface area contributed by atoms with E-state index in [2.05, 4.69) is 16.2 Å². The molecule has 1 fully saturated rings. The van der Waals surface area contributed by atoms with Crippen molar-refractivity contribution < 1.29 is 4.52 Å². The molecule has 0 aliphatic heterocycles. The van der Waals surface area contributed by atoms with Gasteiger partial charge in [-0.25, -0.2) is 0 Å². The molecule has 0 atom stereocenters. The third kappa shape index (κ3) is 4.18. The molecule has 0 amide bonds. The summed E-state index contributed by atoms with van der Waals surface area (Å²) >= 11 is 0. The van der Waals surface area contributed by atoms with E-state index in [9.17, 15) is 0 Å². The van der Waals surface area contributed by atoms with Gasteiger partial charge in [-0.2, -0.15) is 4.98 Å². The van der Waals surface area contributed by atoms with Gasteiger partial charge in [-0.3, -0.25) is 0 Å². The molecule has 2 aromatic rings. The van der Waals surface area contributed by atoms with E-state index in [1.165, 1.54) is 32.1 Å². The van der Waals surface area contributed by atoms with Crippen LogP contribution in [0.15, 0.2) is 34.9 Å². The van der Waals surface area contributed by atoms with Crippen molar-refractivity contribution in [2.75, 3.05) is 0 Å². The first kappa shape index (κ1) is 16.7. The average Bonchev–Trinajstić information content (AvgIpc) is 3.03. The molecule has 1 aliphatic rings. The summed E-state index contributed by atoms with van der Waals surface area (Å²) < 4.78 is 5.29. The highest BCUT2D eigenvalue weighted by Crippen LogP contribution is 2.25. The SMILES string of the molecule is Cl.NCc1ccc(-c2noc(/C=C/C3CCCCC3)n2)cc1. The van der Waals surface area contributed by atoms with Gasteiger partial charge in [0.1, 0.15) is 0 Å². The standard InChI is InChI=1S/C17H21N3O.ClH/c18-12-14-6-9-15(10-7-14)17-19-16(21-20-17)11-8-13-4-2-1-3-5-13;/h6-11,13H,1-5,12,18H2;1H/b11-8+;. The third-order valence-corrected chi connectivity index (χ3v) is 4.05. The predicted molar refractivity (Wildman–Crippen MR) is 90.5 cm³/mol. The van der Waals surface area contributed by atoms with E-state index in [4.69, 9.17) is 10.3 Å². The zero-order chi connectivity index (χ0) is 14.5. The van der Waals surface area contributed by atoms with Crippen molar-refractivity contribution >= 4 is 18.5 Å². The fourth-order valence-corrected chi connectivity index (χ4v) is 2.76. The van der Waals surface area contributed by atoms with Crippen molar-refractivity contribution in [3.05, 3.63) is 41.8 Å². The predicted octanol–water partition coefficient (Wildman–Crippen LogP) is 4.21. The molecule has 0 saturated heterocycles. The van der Waals surface area contributed by atoms with Crippen LogP contribution in [0.5, 0.6) is 0 Å². The van der Waals surface area contributed by atoms with Crippen LogP contribution in [-0.4, -0.2) is 10.1 Å². The Labute approximate surface area is 137 Å². The molecule has 0 spiro atoms. The molecule has 1 saturated carbocycles. The molecular weight excluding hydrogens is 298 g/mol. The number of nitrogens with zero attached hydrogens (tertiary/aromatic N) is 2. The van der Waals surface area contributed by atoms with E-state index < -0.39 is 0 Å². The number of rotatable bonds is 4. The van der Waals surface area contributed by atoms with Crippen molar-refractivity contribution in [2.24, 2.45) is 11.7 Å². The quantitative estimate of drug-likeness (QED) is 0.916. The summed E-state index contributed by atoms with van der Waals surface area (Å²) in [4.78, 5) is 4.42. The van der Waals surface area contributed by atoms with E-state index in [0.29, 0.717) is 24.2 Å². The molecule has 0 radical (unpaired) electrons. The summed E-state index contributed by atoms with van der Waals surface area (Å²) in [5, 5.41) is 4.04. The van der Waals surface area contributed by atoms with Crippen LogP contribution in [-0.2, 0) is 6.54 Å². The fourth-order valence-electron chi connectivity index (χ4n) is 2.76. The lowest BCUT2D eigenvalue weighted by Crippen LogP contribution is -2.02. The van der Waals surface area contributed by atoms with E-state index >= 15 is 0 Å². The van der Waals surface area contributed by atoms with Gasteiger partial charge in [0.25, 0.3) is 5.89 Å². The van der Waals surface area contributed by atoms with Gasteiger partial charge in [-0.1, -0.05) is 54.8 Å². The number of halogens is 1. The van der Waals surface area contributed by atoms with Gasteiger partial charge in [0.15, 0.2) is 0 Å². The number of allylic oxidation sites excluding steroid dienone is 1. The molecule has 1 heterocycles. The van der Waals surface area contributed by atoms with Crippen LogP contribution in [0.3, 0.4) is 0 Å². The summed E-state index contributed by atoms with van der Waals surface area (Å²) in [6, 6.07) is 7.93. The largest absolute Gasteiger partial charge is 0.334 e. The molecule has 5 heteroatoms. The maximum atomic E-state index is 5.59. The van der Waals surface area contributed by atoms with Crippen molar-refractivity contribution in [3.63, 3.8) is 0 Å². The second-order valence-corrected chi connectivity index (χ2v) is 5.61. The number of hydrogen-bond donors (Lipinski definition) is 1. The first-order chi connectivity index (χ1) is 10.3. The first-order valence-electron chi connectivity index (χ1n) is 7.66. The van der Waals surface area contributed by atoms with Crippen LogP contribution in [0.2, 0.25) is 0 Å². The molecule has 1 aromatic heterocycles. The molecule has 1 aromatic carbocycles. The normalized spacial score (nSPS) is 15.9. The highest BCUT2D eigenvalue weighted by Gasteiger charge is 2.11. The van der Waals surface area contributed by atoms with Crippen LogP contribution < -0.4 is 5.73 Å². The smallest absolute Gasteiger partial charge is 0.250 e. The van der Waals surface area contributed by atoms with Crippen molar-refractivity contribution in [1.82, 2.24) is 10.1 Å². The monoisotopic (exact) mass is 319 g/mol. The maximum Gasteiger partial charge on any atom is 0.250 e. The number of benzene rings is 1. The lowest BCUT2D eigenvalue weighted by molar-refractivity contribution is 0.406. The Kier molecular flexibility index (Phi) is 6.16. The Morgan fingerprint density at radius 2 is 1.86 bits per heavy atom. The van der Waals surface area contributed by atoms with Crippen LogP contribution in [0.1, 0.15) is 43.6 Å². The lowest BCUT2D eigenvalue weighted by atomic mass is 9.89. The van der Waals surface area contributed by atoms with E-state index in [0.717, 1.165) is 11.1 Å². The molecule has 0 bridgehead atoms. The summed E-state index contributed by atoms with van der Waals surface area (Å²) in [5.74, 6) is 1.87. The van der Waals surface area contributed by atoms with Crippen LogP contribution in [0, 0.1) is 5.92 Å². The third-order valence-electron chi connectivity index (χ3n) is 4.05. The minimum atomic E-state index is 0. The van der Waals surface area contributed by atoms with Crippen LogP contribution in [0.4, 0.5) is 0 Å². The van der Waals surface area contributed by atoms with Gasteiger partial charge in [0, 0.05) is 12.1 Å². The van der Waals surface area contributed by atoms with E-state index in [1.807, 2.05) is 30.3 Å². The second-order valence-electron chi connectivity index (χ2n) is 5.61. The number of aromatic nitrogens is 2. The molecular formula is C17H22ClN3O. The maximum absolute atomic E-state index is 5.59. The minimum absolute atomic E-state index is 0. The van der Waals surface area contributed by atoms with Crippen LogP contribution in [0.25, 0.3) is 17.5 Å². The summed E-state index contributed by atoms with van der Waals surface area (Å²) in [7, 11) is 0. The lowest BCUT2D eigenvalue weighted by Gasteiger charge is -2.17. The molecule has 118 valence electrons. The highest BCUT2D eigenvalue weighted by atomic mass is 35.5. The minimum Gasteiger partial charge on any atom is -0.334 e. The average molecular weight is 320 g/mol. The molecule has 4 nitrogen and oxygen atoms in total. The molecule has 1 aliphatic carbocycles. The number of nitrogens with two attached hydrogens (primary N) is 1. The zero-order valence-electron chi connectivity index (χ0n) is 12.6. The number of hydrogen-bond acceptors (Lipinski definition) is 4. The summed E-state index contributed by atoms with van der Waals surface area (Å²) in [6.07, 6.45) is 10.8. The highest BCUT2D eigenvalue weighted by molar-refractivity contribution is 5.85. The van der Waals surface area contributed by atoms with Gasteiger partial charge in [0.2, 0.25) is 5.82 Å². The summed E-state index contributed by atoms with van der Waals surface area (Å²) in [6.45, 7) is 0.544. The first-order valence-corrected chi connectivity index (χ1v) is 7.66. The molecule has 22 heavy (non-hydrogen) atoms. The Hall–Kier alpha value is -1.65. The van der Waals surface area contributed by atoms with Crippen molar-refractivity contribution in [3.8, 4) is 11.4 Å². The van der Waals surface area contributed by atoms with E-state index in [1.54, 1.807) is 0 Å². The van der Waals surface area contributed by atoms with Crippen LogP contribution >= 0.6 is 12.4 Å². The Bertz CT molecular complexity index is 601. The second kappa shape index (κ2) is 8.11. The van der Waals surface area contributed by atoms with Gasteiger partial charge < -0.3 is 10.3 Å². The van der Waals surface area contributed by atoms with Gasteiger partial charge in [-0.05, 0) is 30.4 Å². The van der Waals surface area contributed by atoms with Gasteiger partial charge in [-0.15, -0.1) is 12.4 Å². The van der Waals surface area contributed by atoms with E-state index in [-0.39, 0.29) is 12.4 Å². The van der Waals surface area contributed by atoms with Crippen molar-refractivity contribution in [1.29, 1.82) is 0 Å². The molecule has 0 unspecified atom stereocenters. The fraction of sp³-hybridized carbons (Fsp3) is 0.412. The topological polar surface area (TPSA) is 64.9 Å². The Morgan fingerprint density at radius 3 is 2.55 bits per heavy atom. The Balaban J connectivity index is 0.00000176. The van der Waals surface area contributed by atoms with Gasteiger partial charge >= 0.3 is 0 Å². The zero-order valence-corrected chi connectivity index (χ0v) is 13.4.